The fourth-order valence-corrected chi connectivity index (χ4v) is 2.04. The summed E-state index contributed by atoms with van der Waals surface area (Å²) in [6, 6.07) is 12.1. The van der Waals surface area contributed by atoms with Crippen molar-refractivity contribution >= 4 is 11.7 Å². The molecule has 0 saturated heterocycles. The molecule has 2 N–H and O–H groups in total. The molecule has 0 amide bonds. The Hall–Kier alpha value is -3.93. The quantitative estimate of drug-likeness (QED) is 0.607. The minimum absolute atomic E-state index is 0.0307. The van der Waals surface area contributed by atoms with Crippen LogP contribution in [0.15, 0.2) is 47.1 Å². The predicted molar refractivity (Wildman–Crippen MR) is 81.9 cm³/mol. The van der Waals surface area contributed by atoms with Gasteiger partial charge in [-0.15, -0.1) is 5.10 Å². The Labute approximate surface area is 135 Å². The number of nitrogens with zero attached hydrogens (tertiary/aromatic N) is 6. The van der Waals surface area contributed by atoms with Crippen LogP contribution in [0.25, 0.3) is 17.4 Å². The summed E-state index contributed by atoms with van der Waals surface area (Å²) in [5.74, 6) is 1.63. The highest BCUT2D eigenvalue weighted by Crippen LogP contribution is 2.21. The minimum atomic E-state index is 0.0307. The molecule has 9 heteroatoms. The molecule has 0 unspecified atom stereocenters. The lowest BCUT2D eigenvalue weighted by molar-refractivity contribution is 0.441. The van der Waals surface area contributed by atoms with Crippen LogP contribution in [-0.2, 0) is 0 Å². The van der Waals surface area contributed by atoms with Gasteiger partial charge in [0, 0.05) is 0 Å². The molecular weight excluding hydrogens is 310 g/mol. The van der Waals surface area contributed by atoms with E-state index in [0.717, 1.165) is 0 Å². The summed E-state index contributed by atoms with van der Waals surface area (Å²) < 4.78 is 12.1. The molecule has 4 rings (SSSR count). The van der Waals surface area contributed by atoms with Crippen molar-refractivity contribution in [1.82, 2.24) is 24.6 Å². The first kappa shape index (κ1) is 13.7. The van der Waals surface area contributed by atoms with E-state index >= 15 is 0 Å². The summed E-state index contributed by atoms with van der Waals surface area (Å²) >= 11 is 0. The lowest BCUT2D eigenvalue weighted by Gasteiger charge is -2.04. The van der Waals surface area contributed by atoms with Crippen LogP contribution in [0.4, 0.5) is 5.95 Å². The zero-order valence-electron chi connectivity index (χ0n) is 12.1. The van der Waals surface area contributed by atoms with Gasteiger partial charge in [-0.25, -0.2) is 0 Å². The molecule has 4 aromatic rings. The van der Waals surface area contributed by atoms with E-state index < -0.39 is 0 Å². The highest BCUT2D eigenvalue weighted by Gasteiger charge is 2.14. The Bertz CT molecular complexity index is 1050. The summed E-state index contributed by atoms with van der Waals surface area (Å²) in [5, 5.41) is 13.0. The van der Waals surface area contributed by atoms with Crippen LogP contribution in [0, 0.1) is 11.3 Å². The Balaban J connectivity index is 1.70. The van der Waals surface area contributed by atoms with Crippen molar-refractivity contribution in [3.05, 3.63) is 48.2 Å². The van der Waals surface area contributed by atoms with Crippen molar-refractivity contribution < 1.29 is 9.15 Å². The average molecular weight is 319 g/mol. The van der Waals surface area contributed by atoms with Crippen LogP contribution in [-0.4, -0.2) is 24.6 Å². The van der Waals surface area contributed by atoms with Crippen LogP contribution in [0.3, 0.4) is 0 Å². The molecule has 0 bridgehead atoms. The lowest BCUT2D eigenvalue weighted by Crippen LogP contribution is -2.05. The van der Waals surface area contributed by atoms with E-state index in [2.05, 4.69) is 20.1 Å². The molecular formula is C15H9N7O2. The summed E-state index contributed by atoms with van der Waals surface area (Å²) in [5.41, 5.74) is 6.41. The molecule has 0 aliphatic carbocycles. The molecule has 0 spiro atoms. The predicted octanol–water partition coefficient (Wildman–Crippen LogP) is 2.03. The first-order valence-corrected chi connectivity index (χ1v) is 6.85. The van der Waals surface area contributed by atoms with Crippen LogP contribution in [0.1, 0.15) is 5.56 Å². The van der Waals surface area contributed by atoms with E-state index in [1.54, 1.807) is 36.4 Å². The number of anilines is 1. The number of ether oxygens (including phenoxy) is 1. The maximum absolute atomic E-state index is 8.80. The van der Waals surface area contributed by atoms with Gasteiger partial charge in [0.2, 0.25) is 11.8 Å². The molecule has 24 heavy (non-hydrogen) atoms. The SMILES string of the molecule is N#Cc1ccc(Oc2nc(N)n3nc(-c4ccco4)nc3n2)cc1. The molecule has 0 radical (unpaired) electrons. The number of fused-ring (bicyclic) bond motifs is 1. The van der Waals surface area contributed by atoms with Crippen LogP contribution in [0.5, 0.6) is 11.8 Å². The number of furan rings is 1. The summed E-state index contributed by atoms with van der Waals surface area (Å²) in [7, 11) is 0. The third-order valence-corrected chi connectivity index (χ3v) is 3.15. The van der Waals surface area contributed by atoms with Gasteiger partial charge in [-0.05, 0) is 36.4 Å². The molecule has 3 aromatic heterocycles. The molecule has 0 aliphatic heterocycles. The van der Waals surface area contributed by atoms with Crippen molar-refractivity contribution in [3.63, 3.8) is 0 Å². The van der Waals surface area contributed by atoms with Crippen LogP contribution < -0.4 is 10.5 Å². The Morgan fingerprint density at radius 1 is 1.12 bits per heavy atom. The van der Waals surface area contributed by atoms with E-state index in [1.807, 2.05) is 6.07 Å². The fraction of sp³-hybridized carbons (Fsp3) is 0. The minimum Gasteiger partial charge on any atom is -0.461 e. The van der Waals surface area contributed by atoms with Crippen molar-refractivity contribution in [2.75, 3.05) is 5.73 Å². The zero-order valence-corrected chi connectivity index (χ0v) is 12.1. The smallest absolute Gasteiger partial charge is 0.328 e. The van der Waals surface area contributed by atoms with Gasteiger partial charge in [-0.1, -0.05) is 0 Å². The van der Waals surface area contributed by atoms with Gasteiger partial charge in [0.15, 0.2) is 5.76 Å². The Morgan fingerprint density at radius 2 is 1.96 bits per heavy atom. The van der Waals surface area contributed by atoms with Gasteiger partial charge in [0.25, 0.3) is 5.78 Å². The summed E-state index contributed by atoms with van der Waals surface area (Å²) in [4.78, 5) is 12.5. The number of nitrogens with two attached hydrogens (primary N) is 1. The van der Waals surface area contributed by atoms with Gasteiger partial charge in [0.05, 0.1) is 17.9 Å². The third kappa shape index (κ3) is 2.38. The van der Waals surface area contributed by atoms with Crippen molar-refractivity contribution in [2.24, 2.45) is 0 Å². The lowest BCUT2D eigenvalue weighted by atomic mass is 10.2. The molecule has 0 saturated carbocycles. The number of aromatic nitrogens is 5. The molecule has 116 valence electrons. The van der Waals surface area contributed by atoms with E-state index in [4.69, 9.17) is 20.1 Å². The second kappa shape index (κ2) is 5.36. The monoisotopic (exact) mass is 319 g/mol. The van der Waals surface area contributed by atoms with Gasteiger partial charge in [-0.2, -0.15) is 24.7 Å². The van der Waals surface area contributed by atoms with Crippen molar-refractivity contribution in [2.45, 2.75) is 0 Å². The van der Waals surface area contributed by atoms with Gasteiger partial charge in [-0.3, -0.25) is 0 Å². The number of rotatable bonds is 3. The number of hydrogen-bond donors (Lipinski definition) is 1. The maximum Gasteiger partial charge on any atom is 0.328 e. The third-order valence-electron chi connectivity index (χ3n) is 3.15. The highest BCUT2D eigenvalue weighted by atomic mass is 16.5. The number of benzene rings is 1. The molecule has 9 nitrogen and oxygen atoms in total. The Kier molecular flexibility index (Phi) is 3.07. The zero-order chi connectivity index (χ0) is 16.5. The van der Waals surface area contributed by atoms with E-state index in [1.165, 1.54) is 10.8 Å². The molecule has 0 atom stereocenters. The maximum atomic E-state index is 8.80. The Morgan fingerprint density at radius 3 is 2.67 bits per heavy atom. The molecule has 0 aliphatic rings. The first-order valence-electron chi connectivity index (χ1n) is 6.85. The number of hydrogen-bond acceptors (Lipinski definition) is 8. The highest BCUT2D eigenvalue weighted by molar-refractivity contribution is 5.51. The standard InChI is InChI=1S/C15H9N7O2/c16-8-9-3-5-10(6-4-9)24-15-19-13(17)22-14(20-15)18-12(21-22)11-2-1-7-23-11/h1-7H,(H2,17,18,19,20,21). The second-order valence-electron chi connectivity index (χ2n) is 4.73. The fourth-order valence-electron chi connectivity index (χ4n) is 2.04. The normalized spacial score (nSPS) is 10.6. The van der Waals surface area contributed by atoms with E-state index in [9.17, 15) is 0 Å². The van der Waals surface area contributed by atoms with E-state index in [-0.39, 0.29) is 17.7 Å². The van der Waals surface area contributed by atoms with Gasteiger partial charge in [0.1, 0.15) is 5.75 Å². The van der Waals surface area contributed by atoms with Crippen molar-refractivity contribution in [1.29, 1.82) is 5.26 Å². The van der Waals surface area contributed by atoms with Crippen LogP contribution >= 0.6 is 0 Å². The van der Waals surface area contributed by atoms with Gasteiger partial charge >= 0.3 is 6.01 Å². The first-order chi connectivity index (χ1) is 11.7. The molecule has 1 aromatic carbocycles. The molecule has 3 heterocycles. The summed E-state index contributed by atoms with van der Waals surface area (Å²) in [6.45, 7) is 0. The second-order valence-corrected chi connectivity index (χ2v) is 4.73. The van der Waals surface area contributed by atoms with Crippen molar-refractivity contribution in [3.8, 4) is 29.4 Å². The number of nitriles is 1. The van der Waals surface area contributed by atoms with Crippen LogP contribution in [0.2, 0.25) is 0 Å². The topological polar surface area (TPSA) is 128 Å². The largest absolute Gasteiger partial charge is 0.461 e. The number of nitrogen functional groups attached to an aromatic ring is 1. The average Bonchev–Trinajstić information content (AvgIpc) is 3.25. The van der Waals surface area contributed by atoms with E-state index in [0.29, 0.717) is 22.9 Å². The van der Waals surface area contributed by atoms with Gasteiger partial charge < -0.3 is 14.9 Å². The molecule has 0 fully saturated rings. The summed E-state index contributed by atoms with van der Waals surface area (Å²) in [6.07, 6.45) is 1.52.